The Hall–Kier alpha value is -3.46. The fraction of sp³-hybridized carbons (Fsp3) is 0.423. The molecule has 184 valence electrons. The molecule has 2 aliphatic heterocycles. The molecular weight excluding hydrogens is 449 g/mol. The number of aromatic nitrogens is 2. The molecule has 3 heterocycles. The molecule has 0 N–H and O–H groups in total. The van der Waals surface area contributed by atoms with Crippen molar-refractivity contribution in [3.63, 3.8) is 0 Å². The van der Waals surface area contributed by atoms with Crippen molar-refractivity contribution in [3.05, 3.63) is 53.5 Å². The minimum absolute atomic E-state index is 0.0758. The van der Waals surface area contributed by atoms with E-state index in [0.717, 1.165) is 55.1 Å². The van der Waals surface area contributed by atoms with Crippen molar-refractivity contribution in [2.24, 2.45) is 0 Å². The molecule has 2 aromatic carbocycles. The summed E-state index contributed by atoms with van der Waals surface area (Å²) in [5.41, 5.74) is 3.68. The molecule has 1 atom stereocenters. The lowest BCUT2D eigenvalue weighted by Crippen LogP contribution is -2.36. The smallest absolute Gasteiger partial charge is 0.253 e. The zero-order valence-corrected chi connectivity index (χ0v) is 20.3. The van der Waals surface area contributed by atoms with Gasteiger partial charge in [0.25, 0.3) is 5.91 Å². The van der Waals surface area contributed by atoms with Crippen LogP contribution < -0.4 is 14.5 Å². The highest BCUT2D eigenvalue weighted by molar-refractivity contribution is 5.98. The van der Waals surface area contributed by atoms with E-state index in [4.69, 9.17) is 19.4 Å². The number of ether oxygens (including phenoxy) is 2. The number of benzene rings is 2. The number of hydrogen-bond donors (Lipinski definition) is 0. The zero-order valence-electron chi connectivity index (χ0n) is 20.3. The van der Waals surface area contributed by atoms with E-state index in [9.17, 15) is 9.18 Å². The van der Waals surface area contributed by atoms with Crippen LogP contribution in [0.5, 0.6) is 5.75 Å². The van der Waals surface area contributed by atoms with Crippen LogP contribution in [-0.4, -0.2) is 74.8 Å². The van der Waals surface area contributed by atoms with Gasteiger partial charge in [-0.05, 0) is 31.0 Å². The summed E-state index contributed by atoms with van der Waals surface area (Å²) in [5.74, 6) is 0.831. The SMILES string of the molecule is COc1cc(F)cc(N2CCCC2c2cc(C(=O)N(C)C)cc3ncc(N4CCOCC4)nc23)c1. The lowest BCUT2D eigenvalue weighted by molar-refractivity contribution is 0.0827. The van der Waals surface area contributed by atoms with E-state index >= 15 is 0 Å². The van der Waals surface area contributed by atoms with Crippen molar-refractivity contribution >= 4 is 28.4 Å². The molecule has 1 aromatic heterocycles. The Morgan fingerprint density at radius 2 is 1.94 bits per heavy atom. The first-order valence-corrected chi connectivity index (χ1v) is 11.9. The average Bonchev–Trinajstić information content (AvgIpc) is 3.37. The molecule has 0 spiro atoms. The van der Waals surface area contributed by atoms with Crippen LogP contribution in [0.3, 0.4) is 0 Å². The monoisotopic (exact) mass is 479 g/mol. The zero-order chi connectivity index (χ0) is 24.5. The highest BCUT2D eigenvalue weighted by Gasteiger charge is 2.30. The Kier molecular flexibility index (Phi) is 6.42. The van der Waals surface area contributed by atoms with Crippen LogP contribution in [0.2, 0.25) is 0 Å². The number of carbonyl (C=O) groups is 1. The average molecular weight is 480 g/mol. The molecule has 35 heavy (non-hydrogen) atoms. The molecule has 9 heteroatoms. The molecule has 2 saturated heterocycles. The van der Waals surface area contributed by atoms with Crippen LogP contribution >= 0.6 is 0 Å². The summed E-state index contributed by atoms with van der Waals surface area (Å²) >= 11 is 0. The predicted octanol–water partition coefficient (Wildman–Crippen LogP) is 3.66. The predicted molar refractivity (Wildman–Crippen MR) is 133 cm³/mol. The summed E-state index contributed by atoms with van der Waals surface area (Å²) in [5, 5.41) is 0. The number of amides is 1. The first-order chi connectivity index (χ1) is 16.9. The Morgan fingerprint density at radius 1 is 1.14 bits per heavy atom. The molecule has 2 fully saturated rings. The fourth-order valence-corrected chi connectivity index (χ4v) is 4.94. The lowest BCUT2D eigenvalue weighted by Gasteiger charge is -2.30. The van der Waals surface area contributed by atoms with E-state index in [0.29, 0.717) is 30.0 Å². The van der Waals surface area contributed by atoms with Gasteiger partial charge >= 0.3 is 0 Å². The molecule has 2 aliphatic rings. The van der Waals surface area contributed by atoms with Gasteiger partial charge in [0.15, 0.2) is 0 Å². The van der Waals surface area contributed by atoms with Gasteiger partial charge in [0.1, 0.15) is 17.4 Å². The van der Waals surface area contributed by atoms with Gasteiger partial charge in [0, 0.05) is 62.7 Å². The second-order valence-electron chi connectivity index (χ2n) is 9.16. The maximum atomic E-state index is 14.4. The van der Waals surface area contributed by atoms with E-state index in [1.807, 2.05) is 18.2 Å². The third-order valence-corrected chi connectivity index (χ3v) is 6.69. The van der Waals surface area contributed by atoms with Gasteiger partial charge in [-0.15, -0.1) is 0 Å². The fourth-order valence-electron chi connectivity index (χ4n) is 4.94. The minimum Gasteiger partial charge on any atom is -0.497 e. The summed E-state index contributed by atoms with van der Waals surface area (Å²) in [7, 11) is 5.01. The number of rotatable bonds is 5. The summed E-state index contributed by atoms with van der Waals surface area (Å²) in [6.07, 6.45) is 3.57. The van der Waals surface area contributed by atoms with Crippen molar-refractivity contribution in [1.29, 1.82) is 0 Å². The van der Waals surface area contributed by atoms with Gasteiger partial charge in [-0.3, -0.25) is 9.78 Å². The number of morpholine rings is 1. The molecule has 0 bridgehead atoms. The number of anilines is 2. The molecule has 1 amide bonds. The second-order valence-corrected chi connectivity index (χ2v) is 9.16. The lowest BCUT2D eigenvalue weighted by atomic mass is 9.98. The normalized spacial score (nSPS) is 18.2. The minimum atomic E-state index is -0.346. The van der Waals surface area contributed by atoms with Gasteiger partial charge < -0.3 is 24.2 Å². The standard InChI is InChI=1S/C26H30FN5O3/c1-30(2)26(33)17-11-21(23-5-4-6-32(23)19-13-18(27)14-20(15-19)34-3)25-22(12-17)28-16-24(29-25)31-7-9-35-10-8-31/h11-16,23H,4-10H2,1-3H3. The molecular formula is C26H30FN5O3. The molecule has 0 radical (unpaired) electrons. The van der Waals surface area contributed by atoms with Crippen molar-refractivity contribution < 1.29 is 18.7 Å². The van der Waals surface area contributed by atoms with Crippen LogP contribution in [0.4, 0.5) is 15.9 Å². The van der Waals surface area contributed by atoms with Crippen LogP contribution in [0.25, 0.3) is 11.0 Å². The van der Waals surface area contributed by atoms with Gasteiger partial charge in [0.2, 0.25) is 0 Å². The highest BCUT2D eigenvalue weighted by Crippen LogP contribution is 2.40. The molecule has 3 aromatic rings. The maximum absolute atomic E-state index is 14.4. The van der Waals surface area contributed by atoms with Crippen molar-refractivity contribution in [2.75, 3.05) is 63.9 Å². The number of fused-ring (bicyclic) bond motifs is 1. The highest BCUT2D eigenvalue weighted by atomic mass is 19.1. The maximum Gasteiger partial charge on any atom is 0.253 e. The number of methoxy groups -OCH3 is 1. The largest absolute Gasteiger partial charge is 0.497 e. The molecule has 0 aliphatic carbocycles. The third-order valence-electron chi connectivity index (χ3n) is 6.69. The summed E-state index contributed by atoms with van der Waals surface area (Å²) < 4.78 is 25.2. The van der Waals surface area contributed by atoms with Crippen molar-refractivity contribution in [3.8, 4) is 5.75 Å². The number of halogens is 1. The second kappa shape index (κ2) is 9.65. The molecule has 1 unspecified atom stereocenters. The summed E-state index contributed by atoms with van der Waals surface area (Å²) in [6, 6.07) is 8.42. The van der Waals surface area contributed by atoms with E-state index < -0.39 is 0 Å². The van der Waals surface area contributed by atoms with Gasteiger partial charge in [-0.1, -0.05) is 0 Å². The van der Waals surface area contributed by atoms with E-state index in [-0.39, 0.29) is 17.8 Å². The van der Waals surface area contributed by atoms with Crippen LogP contribution in [-0.2, 0) is 4.74 Å². The summed E-state index contributed by atoms with van der Waals surface area (Å²) in [4.78, 5) is 28.6. The Bertz CT molecular complexity index is 1250. The van der Waals surface area contributed by atoms with E-state index in [1.54, 1.807) is 25.2 Å². The number of hydrogen-bond acceptors (Lipinski definition) is 7. The van der Waals surface area contributed by atoms with Gasteiger partial charge in [-0.2, -0.15) is 0 Å². The quantitative estimate of drug-likeness (QED) is 0.553. The first-order valence-electron chi connectivity index (χ1n) is 11.9. The van der Waals surface area contributed by atoms with Crippen molar-refractivity contribution in [1.82, 2.24) is 14.9 Å². The third kappa shape index (κ3) is 4.60. The Labute approximate surface area is 204 Å². The topological polar surface area (TPSA) is 71.0 Å². The summed E-state index contributed by atoms with van der Waals surface area (Å²) in [6.45, 7) is 3.58. The first kappa shape index (κ1) is 23.3. The van der Waals surface area contributed by atoms with Gasteiger partial charge in [0.05, 0.1) is 43.6 Å². The number of carbonyl (C=O) groups excluding carboxylic acids is 1. The number of nitrogens with zero attached hydrogens (tertiary/aromatic N) is 5. The molecule has 5 rings (SSSR count). The van der Waals surface area contributed by atoms with Gasteiger partial charge in [-0.25, -0.2) is 9.37 Å². The van der Waals surface area contributed by atoms with Crippen molar-refractivity contribution in [2.45, 2.75) is 18.9 Å². The van der Waals surface area contributed by atoms with E-state index in [2.05, 4.69) is 9.80 Å². The Balaban J connectivity index is 1.64. The van der Waals surface area contributed by atoms with Crippen LogP contribution in [0.15, 0.2) is 36.5 Å². The Morgan fingerprint density at radius 3 is 2.69 bits per heavy atom. The van der Waals surface area contributed by atoms with E-state index in [1.165, 1.54) is 19.2 Å². The molecule has 0 saturated carbocycles. The van der Waals surface area contributed by atoms with Crippen LogP contribution in [0.1, 0.15) is 34.8 Å². The molecule has 8 nitrogen and oxygen atoms in total. The van der Waals surface area contributed by atoms with Crippen LogP contribution in [0, 0.1) is 5.82 Å².